The maximum absolute atomic E-state index is 8.65. The second kappa shape index (κ2) is 2.77. The van der Waals surface area contributed by atoms with Crippen molar-refractivity contribution in [2.45, 2.75) is 6.42 Å². The number of nitrogens with zero attached hydrogens (tertiary/aromatic N) is 2. The van der Waals surface area contributed by atoms with E-state index < -0.39 is 0 Å². The average molecular weight is 129 g/mol. The molecule has 0 aromatic heterocycles. The fraction of sp³-hybridized carbons (Fsp3) is 1.00. The van der Waals surface area contributed by atoms with Crippen LogP contribution in [0.25, 0.3) is 0 Å². The molecule has 1 unspecified atom stereocenters. The van der Waals surface area contributed by atoms with Gasteiger partial charge in [0.1, 0.15) is 0 Å². The summed E-state index contributed by atoms with van der Waals surface area (Å²) in [6.45, 7) is 1.81. The summed E-state index contributed by atoms with van der Waals surface area (Å²) in [4.78, 5) is 0. The van der Waals surface area contributed by atoms with Crippen LogP contribution in [0.2, 0.25) is 0 Å². The van der Waals surface area contributed by atoms with Crippen molar-refractivity contribution in [3.63, 3.8) is 0 Å². The smallest absolute Gasteiger partial charge is 0.0477 e. The molecule has 1 rings (SSSR count). The lowest BCUT2D eigenvalue weighted by Gasteiger charge is -2.06. The zero-order chi connectivity index (χ0) is 6.69. The summed E-state index contributed by atoms with van der Waals surface area (Å²) in [5.41, 5.74) is 6.63. The molecular formula is C5H11N3O. The predicted molar refractivity (Wildman–Crippen MR) is 31.9 cm³/mol. The lowest BCUT2D eigenvalue weighted by Crippen LogP contribution is -2.13. The second-order valence-electron chi connectivity index (χ2n) is 2.35. The van der Waals surface area contributed by atoms with Gasteiger partial charge in [0.05, 0.1) is 0 Å². The van der Waals surface area contributed by atoms with Gasteiger partial charge in [-0.15, -0.1) is 0 Å². The van der Waals surface area contributed by atoms with Crippen molar-refractivity contribution in [2.75, 3.05) is 19.7 Å². The van der Waals surface area contributed by atoms with Gasteiger partial charge in [0.2, 0.25) is 0 Å². The van der Waals surface area contributed by atoms with E-state index in [1.807, 2.05) is 0 Å². The quantitative estimate of drug-likeness (QED) is 0.525. The molecule has 1 aliphatic rings. The molecule has 2 N–H and O–H groups in total. The first kappa shape index (κ1) is 6.48. The van der Waals surface area contributed by atoms with Crippen LogP contribution in [0.15, 0.2) is 5.22 Å². The summed E-state index contributed by atoms with van der Waals surface area (Å²) in [7, 11) is 0. The first-order valence-electron chi connectivity index (χ1n) is 3.10. The minimum Gasteiger partial charge on any atom is -0.396 e. The van der Waals surface area contributed by atoms with E-state index in [-0.39, 0.29) is 6.61 Å². The third-order valence-corrected chi connectivity index (χ3v) is 1.66. The Bertz CT molecular complexity index is 106. The number of hydrogen-bond donors (Lipinski definition) is 2. The number of aliphatic hydroxyl groups excluding tert-OH is 1. The molecular weight excluding hydrogens is 118 g/mol. The van der Waals surface area contributed by atoms with Crippen LogP contribution in [-0.2, 0) is 0 Å². The van der Waals surface area contributed by atoms with Crippen molar-refractivity contribution in [3.05, 3.63) is 0 Å². The van der Waals surface area contributed by atoms with Gasteiger partial charge in [-0.05, 0) is 6.42 Å². The molecule has 0 aromatic rings. The van der Waals surface area contributed by atoms with Gasteiger partial charge in [-0.25, -0.2) is 0 Å². The van der Waals surface area contributed by atoms with Crippen LogP contribution in [0.3, 0.4) is 0 Å². The summed E-state index contributed by atoms with van der Waals surface area (Å²) >= 11 is 0. The topological polar surface area (TPSA) is 59.7 Å². The largest absolute Gasteiger partial charge is 0.396 e. The highest BCUT2D eigenvalue weighted by molar-refractivity contribution is 4.70. The molecule has 4 heteroatoms. The van der Waals surface area contributed by atoms with Crippen molar-refractivity contribution in [2.24, 2.45) is 11.1 Å². The van der Waals surface area contributed by atoms with Crippen LogP contribution in [0, 0.1) is 11.4 Å². The Hall–Kier alpha value is -0.640. The molecule has 1 aliphatic heterocycles. The molecule has 0 radical (unpaired) electrons. The first-order chi connectivity index (χ1) is 4.36. The summed E-state index contributed by atoms with van der Waals surface area (Å²) in [6, 6.07) is 0. The maximum Gasteiger partial charge on any atom is 0.0477 e. The van der Waals surface area contributed by atoms with E-state index in [9.17, 15) is 0 Å². The molecule has 9 heavy (non-hydrogen) atoms. The number of aliphatic hydroxyl groups is 1. The van der Waals surface area contributed by atoms with E-state index in [1.54, 1.807) is 5.01 Å². The lowest BCUT2D eigenvalue weighted by molar-refractivity contribution is 0.219. The molecule has 0 amide bonds. The standard InChI is InChI=1S/C5H11N3O/c6-7-8-2-1-5(3-8)4-9/h5-6,9H,1-4H2. The number of rotatable bonds is 2. The Morgan fingerprint density at radius 1 is 1.78 bits per heavy atom. The first-order valence-corrected chi connectivity index (χ1v) is 3.10. The van der Waals surface area contributed by atoms with Gasteiger partial charge in [0, 0.05) is 25.6 Å². The summed E-state index contributed by atoms with van der Waals surface area (Å²) in [5, 5.41) is 13.6. The molecule has 1 atom stereocenters. The predicted octanol–water partition coefficient (Wildman–Crippen LogP) is 0.247. The highest BCUT2D eigenvalue weighted by Crippen LogP contribution is 2.14. The minimum absolute atomic E-state index is 0.228. The van der Waals surface area contributed by atoms with Gasteiger partial charge < -0.3 is 5.11 Å². The summed E-state index contributed by atoms with van der Waals surface area (Å²) in [5.74, 6) is 0.346. The van der Waals surface area contributed by atoms with E-state index in [1.165, 1.54) is 0 Å². The zero-order valence-electron chi connectivity index (χ0n) is 5.25. The Morgan fingerprint density at radius 3 is 2.89 bits per heavy atom. The summed E-state index contributed by atoms with van der Waals surface area (Å²) < 4.78 is 0. The van der Waals surface area contributed by atoms with E-state index >= 15 is 0 Å². The fourth-order valence-corrected chi connectivity index (χ4v) is 1.05. The second-order valence-corrected chi connectivity index (χ2v) is 2.35. The number of hydrogen-bond acceptors (Lipinski definition) is 3. The molecule has 1 fully saturated rings. The van der Waals surface area contributed by atoms with Crippen LogP contribution in [0.4, 0.5) is 0 Å². The van der Waals surface area contributed by atoms with E-state index in [0.717, 1.165) is 19.5 Å². The maximum atomic E-state index is 8.65. The highest BCUT2D eigenvalue weighted by Gasteiger charge is 2.19. The highest BCUT2D eigenvalue weighted by atomic mass is 16.3. The van der Waals surface area contributed by atoms with E-state index in [0.29, 0.717) is 5.92 Å². The monoisotopic (exact) mass is 129 g/mol. The average Bonchev–Trinajstić information content (AvgIpc) is 2.34. The van der Waals surface area contributed by atoms with Gasteiger partial charge >= 0.3 is 0 Å². The van der Waals surface area contributed by atoms with Crippen molar-refractivity contribution in [1.29, 1.82) is 5.53 Å². The number of nitrogens with one attached hydrogen (secondary N) is 1. The van der Waals surface area contributed by atoms with Crippen LogP contribution in [-0.4, -0.2) is 29.8 Å². The van der Waals surface area contributed by atoms with E-state index in [2.05, 4.69) is 5.22 Å². The van der Waals surface area contributed by atoms with Crippen molar-refractivity contribution in [1.82, 2.24) is 5.01 Å². The van der Waals surface area contributed by atoms with Crippen LogP contribution >= 0.6 is 0 Å². The van der Waals surface area contributed by atoms with Crippen molar-refractivity contribution >= 4 is 0 Å². The molecule has 0 bridgehead atoms. The normalized spacial score (nSPS) is 26.8. The van der Waals surface area contributed by atoms with Crippen LogP contribution in [0.5, 0.6) is 0 Å². The van der Waals surface area contributed by atoms with Gasteiger partial charge in [0.15, 0.2) is 0 Å². The molecule has 1 heterocycles. The third kappa shape index (κ3) is 1.38. The van der Waals surface area contributed by atoms with Gasteiger partial charge in [-0.2, -0.15) is 5.53 Å². The minimum atomic E-state index is 0.228. The zero-order valence-corrected chi connectivity index (χ0v) is 5.25. The Kier molecular flexibility index (Phi) is 2.00. The molecule has 0 saturated carbocycles. The lowest BCUT2D eigenvalue weighted by atomic mass is 10.1. The Morgan fingerprint density at radius 2 is 2.56 bits per heavy atom. The SMILES string of the molecule is N=NN1CCC(CO)C1. The fourth-order valence-electron chi connectivity index (χ4n) is 1.05. The van der Waals surface area contributed by atoms with Crippen LogP contribution < -0.4 is 0 Å². The van der Waals surface area contributed by atoms with Gasteiger partial charge in [-0.1, -0.05) is 5.22 Å². The van der Waals surface area contributed by atoms with E-state index in [4.69, 9.17) is 10.6 Å². The molecule has 0 aliphatic carbocycles. The molecule has 4 nitrogen and oxygen atoms in total. The van der Waals surface area contributed by atoms with Gasteiger partial charge in [0.25, 0.3) is 0 Å². The molecule has 0 aromatic carbocycles. The molecule has 1 saturated heterocycles. The van der Waals surface area contributed by atoms with Crippen molar-refractivity contribution < 1.29 is 5.11 Å². The Labute approximate surface area is 54.0 Å². The summed E-state index contributed by atoms with van der Waals surface area (Å²) in [6.07, 6.45) is 0.971. The molecule has 0 spiro atoms. The van der Waals surface area contributed by atoms with Crippen LogP contribution in [0.1, 0.15) is 6.42 Å². The molecule has 52 valence electrons. The third-order valence-electron chi connectivity index (χ3n) is 1.66. The van der Waals surface area contributed by atoms with Crippen molar-refractivity contribution in [3.8, 4) is 0 Å². The Balaban J connectivity index is 2.28. The van der Waals surface area contributed by atoms with Gasteiger partial charge in [-0.3, -0.25) is 5.01 Å².